The second-order valence-electron chi connectivity index (χ2n) is 12.0. The third-order valence-electron chi connectivity index (χ3n) is 8.90. The molecule has 7 nitrogen and oxygen atoms in total. The van der Waals surface area contributed by atoms with Crippen LogP contribution in [0.1, 0.15) is 94.7 Å². The SMILES string of the molecule is Cc1ccc([C@H]2[C@H](CC(=O)NOCc3ccc(CC(N)=O)cc3)c3ccccc3C(=O)N2[C@H]2CCCC[C@@H]2C)c(C)c1. The third-order valence-corrected chi connectivity index (χ3v) is 8.90. The molecule has 0 bridgehead atoms. The predicted octanol–water partition coefficient (Wildman–Crippen LogP) is 5.83. The standard InChI is InChI=1S/C35H41N3O4/c1-22-12-17-27(24(3)18-22)34-30(20-33(40)37-42-21-26-15-13-25(14-16-26)19-32(36)39)28-9-5-6-10-29(28)35(41)38(34)31-11-7-4-8-23(31)2/h5-6,9-10,12-18,23,30-31,34H,4,7-8,11,19-21H2,1-3H3,(H2,36,39)(H,37,40)/t23-,30+,31-,34-/m0/s1. The van der Waals surface area contributed by atoms with Crippen LogP contribution < -0.4 is 11.2 Å². The molecule has 1 fully saturated rings. The summed E-state index contributed by atoms with van der Waals surface area (Å²) in [4.78, 5) is 46.6. The first-order valence-corrected chi connectivity index (χ1v) is 15.0. The fraction of sp³-hybridized carbons (Fsp3) is 0.400. The number of fused-ring (bicyclic) bond motifs is 1. The molecule has 220 valence electrons. The Labute approximate surface area is 248 Å². The summed E-state index contributed by atoms with van der Waals surface area (Å²) < 4.78 is 0. The molecule has 1 saturated carbocycles. The number of carbonyl (C=O) groups excluding carboxylic acids is 3. The molecule has 4 atom stereocenters. The maximum Gasteiger partial charge on any atom is 0.254 e. The van der Waals surface area contributed by atoms with Crippen LogP contribution in [0.2, 0.25) is 0 Å². The third kappa shape index (κ3) is 6.41. The molecule has 7 heteroatoms. The average molecular weight is 568 g/mol. The van der Waals surface area contributed by atoms with Crippen LogP contribution in [0.4, 0.5) is 0 Å². The van der Waals surface area contributed by atoms with Gasteiger partial charge in [-0.15, -0.1) is 0 Å². The van der Waals surface area contributed by atoms with Crippen molar-refractivity contribution < 1.29 is 19.2 Å². The number of nitrogens with two attached hydrogens (primary N) is 1. The number of rotatable bonds is 9. The molecule has 1 heterocycles. The molecular weight excluding hydrogens is 526 g/mol. The van der Waals surface area contributed by atoms with Crippen LogP contribution in [0, 0.1) is 19.8 Å². The molecule has 1 aliphatic heterocycles. The van der Waals surface area contributed by atoms with Gasteiger partial charge in [0.2, 0.25) is 11.8 Å². The predicted molar refractivity (Wildman–Crippen MR) is 162 cm³/mol. The van der Waals surface area contributed by atoms with Gasteiger partial charge in [0.15, 0.2) is 0 Å². The summed E-state index contributed by atoms with van der Waals surface area (Å²) in [7, 11) is 0. The Morgan fingerprint density at radius 2 is 1.67 bits per heavy atom. The van der Waals surface area contributed by atoms with E-state index < -0.39 is 0 Å². The number of benzene rings is 3. The van der Waals surface area contributed by atoms with Gasteiger partial charge in [-0.3, -0.25) is 19.2 Å². The van der Waals surface area contributed by atoms with Crippen LogP contribution in [0.5, 0.6) is 0 Å². The summed E-state index contributed by atoms with van der Waals surface area (Å²) in [6, 6.07) is 21.4. The Bertz CT molecular complexity index is 1450. The highest BCUT2D eigenvalue weighted by atomic mass is 16.6. The van der Waals surface area contributed by atoms with Crippen molar-refractivity contribution in [2.45, 2.75) is 83.9 Å². The Morgan fingerprint density at radius 3 is 2.38 bits per heavy atom. The van der Waals surface area contributed by atoms with E-state index >= 15 is 0 Å². The smallest absolute Gasteiger partial charge is 0.254 e. The van der Waals surface area contributed by atoms with E-state index in [1.54, 1.807) is 0 Å². The number of hydroxylamine groups is 1. The number of nitrogens with one attached hydrogen (secondary N) is 1. The molecule has 3 N–H and O–H groups in total. The molecule has 0 unspecified atom stereocenters. The Balaban J connectivity index is 1.42. The number of primary amides is 1. The highest BCUT2D eigenvalue weighted by Gasteiger charge is 2.46. The van der Waals surface area contributed by atoms with Gasteiger partial charge in [0, 0.05) is 23.9 Å². The normalized spacial score (nSPS) is 22.0. The van der Waals surface area contributed by atoms with E-state index in [0.717, 1.165) is 47.1 Å². The van der Waals surface area contributed by atoms with Crippen LogP contribution in [0.15, 0.2) is 66.7 Å². The summed E-state index contributed by atoms with van der Waals surface area (Å²) in [6.07, 6.45) is 4.71. The molecular formula is C35H41N3O4. The van der Waals surface area contributed by atoms with Crippen LogP contribution in [0.25, 0.3) is 0 Å². The highest BCUT2D eigenvalue weighted by Crippen LogP contribution is 2.48. The van der Waals surface area contributed by atoms with Gasteiger partial charge in [-0.2, -0.15) is 0 Å². The summed E-state index contributed by atoms with van der Waals surface area (Å²) in [5.74, 6) is -0.407. The van der Waals surface area contributed by atoms with Gasteiger partial charge in [-0.05, 0) is 66.5 Å². The van der Waals surface area contributed by atoms with Crippen molar-refractivity contribution in [3.8, 4) is 0 Å². The maximum absolute atomic E-state index is 14.2. The van der Waals surface area contributed by atoms with Crippen LogP contribution in [-0.2, 0) is 27.5 Å². The first-order valence-electron chi connectivity index (χ1n) is 15.0. The van der Waals surface area contributed by atoms with Crippen LogP contribution in [-0.4, -0.2) is 28.7 Å². The van der Waals surface area contributed by atoms with E-state index in [-0.39, 0.29) is 55.2 Å². The van der Waals surface area contributed by atoms with E-state index in [0.29, 0.717) is 11.5 Å². The van der Waals surface area contributed by atoms with E-state index in [4.69, 9.17) is 10.6 Å². The molecule has 3 aromatic carbocycles. The van der Waals surface area contributed by atoms with E-state index in [2.05, 4.69) is 49.4 Å². The van der Waals surface area contributed by atoms with Crippen LogP contribution in [0.3, 0.4) is 0 Å². The largest absolute Gasteiger partial charge is 0.369 e. The number of amides is 3. The monoisotopic (exact) mass is 567 g/mol. The fourth-order valence-electron chi connectivity index (χ4n) is 6.85. The average Bonchev–Trinajstić information content (AvgIpc) is 2.96. The second-order valence-corrected chi connectivity index (χ2v) is 12.0. The topological polar surface area (TPSA) is 102 Å². The zero-order valence-electron chi connectivity index (χ0n) is 24.8. The summed E-state index contributed by atoms with van der Waals surface area (Å²) >= 11 is 0. The lowest BCUT2D eigenvalue weighted by Gasteiger charge is -2.49. The molecule has 1 aliphatic carbocycles. The maximum atomic E-state index is 14.2. The molecule has 0 radical (unpaired) electrons. The molecule has 3 aromatic rings. The van der Waals surface area contributed by atoms with Crippen molar-refractivity contribution in [1.82, 2.24) is 10.4 Å². The summed E-state index contributed by atoms with van der Waals surface area (Å²) in [5, 5.41) is 0. The lowest BCUT2D eigenvalue weighted by Crippen LogP contribution is -2.52. The van der Waals surface area contributed by atoms with Gasteiger partial charge in [-0.1, -0.05) is 86.0 Å². The van der Waals surface area contributed by atoms with Crippen molar-refractivity contribution >= 4 is 17.7 Å². The first-order chi connectivity index (χ1) is 20.2. The number of nitrogens with zero attached hydrogens (tertiary/aromatic N) is 1. The Hall–Kier alpha value is -3.97. The highest BCUT2D eigenvalue weighted by molar-refractivity contribution is 5.98. The van der Waals surface area contributed by atoms with E-state index in [1.165, 1.54) is 12.0 Å². The molecule has 5 rings (SSSR count). The molecule has 0 aromatic heterocycles. The lowest BCUT2D eigenvalue weighted by atomic mass is 9.74. The van der Waals surface area contributed by atoms with Crippen molar-refractivity contribution in [2.75, 3.05) is 0 Å². The lowest BCUT2D eigenvalue weighted by molar-refractivity contribution is -0.135. The molecule has 42 heavy (non-hydrogen) atoms. The summed E-state index contributed by atoms with van der Waals surface area (Å²) in [5.41, 5.74) is 14.6. The number of aryl methyl sites for hydroxylation is 2. The van der Waals surface area contributed by atoms with Crippen molar-refractivity contribution in [2.24, 2.45) is 11.7 Å². The molecule has 2 aliphatic rings. The number of hydrogen-bond acceptors (Lipinski definition) is 4. The van der Waals surface area contributed by atoms with Gasteiger partial charge < -0.3 is 10.6 Å². The van der Waals surface area contributed by atoms with Gasteiger partial charge in [0.25, 0.3) is 5.91 Å². The van der Waals surface area contributed by atoms with Gasteiger partial charge in [-0.25, -0.2) is 5.48 Å². The van der Waals surface area contributed by atoms with Gasteiger partial charge >= 0.3 is 0 Å². The Kier molecular flexibility index (Phi) is 9.07. The first kappa shape index (κ1) is 29.5. The number of carbonyl (C=O) groups is 3. The minimum absolute atomic E-state index is 0.0574. The minimum atomic E-state index is -0.382. The van der Waals surface area contributed by atoms with Crippen molar-refractivity contribution in [1.29, 1.82) is 0 Å². The molecule has 3 amide bonds. The second kappa shape index (κ2) is 12.9. The van der Waals surface area contributed by atoms with Gasteiger partial charge in [0.05, 0.1) is 19.1 Å². The zero-order valence-corrected chi connectivity index (χ0v) is 24.8. The fourth-order valence-corrected chi connectivity index (χ4v) is 6.85. The summed E-state index contributed by atoms with van der Waals surface area (Å²) in [6.45, 7) is 6.62. The molecule has 0 spiro atoms. The van der Waals surface area contributed by atoms with E-state index in [9.17, 15) is 14.4 Å². The minimum Gasteiger partial charge on any atom is -0.369 e. The quantitative estimate of drug-likeness (QED) is 0.318. The van der Waals surface area contributed by atoms with E-state index in [1.807, 2.05) is 48.5 Å². The number of hydrogen-bond donors (Lipinski definition) is 2. The van der Waals surface area contributed by atoms with Gasteiger partial charge in [0.1, 0.15) is 0 Å². The zero-order chi connectivity index (χ0) is 29.8. The Morgan fingerprint density at radius 1 is 0.952 bits per heavy atom. The van der Waals surface area contributed by atoms with Crippen molar-refractivity contribution in [3.05, 3.63) is 106 Å². The van der Waals surface area contributed by atoms with Crippen molar-refractivity contribution in [3.63, 3.8) is 0 Å². The molecule has 0 saturated heterocycles. The van der Waals surface area contributed by atoms with Crippen LogP contribution >= 0.6 is 0 Å².